The molecular formula is C13H23N3O2S2. The first-order valence-corrected chi connectivity index (χ1v) is 9.65. The SMILES string of the molecule is CCCS(=O)(=O)c1c(N)nsc1N(CC)CC1CCC1. The number of aromatic nitrogens is 1. The molecule has 0 atom stereocenters. The van der Waals surface area contributed by atoms with Crippen molar-refractivity contribution in [2.75, 3.05) is 29.5 Å². The molecule has 1 aromatic heterocycles. The highest BCUT2D eigenvalue weighted by molar-refractivity contribution is 7.91. The molecule has 1 aliphatic carbocycles. The number of nitrogen functional groups attached to an aromatic ring is 1. The van der Waals surface area contributed by atoms with Gasteiger partial charge in [-0.2, -0.15) is 4.37 Å². The molecule has 0 radical (unpaired) electrons. The quantitative estimate of drug-likeness (QED) is 0.836. The predicted octanol–water partition coefficient (Wildman–Crippen LogP) is 2.54. The van der Waals surface area contributed by atoms with Crippen LogP contribution in [-0.4, -0.2) is 31.6 Å². The topological polar surface area (TPSA) is 76.3 Å². The number of hydrogen-bond donors (Lipinski definition) is 1. The molecule has 0 bridgehead atoms. The normalized spacial score (nSPS) is 16.1. The fraction of sp³-hybridized carbons (Fsp3) is 0.769. The number of sulfone groups is 1. The van der Waals surface area contributed by atoms with Gasteiger partial charge in [-0.15, -0.1) is 0 Å². The summed E-state index contributed by atoms with van der Waals surface area (Å²) in [4.78, 5) is 2.38. The van der Waals surface area contributed by atoms with Crippen molar-refractivity contribution in [1.82, 2.24) is 4.37 Å². The van der Waals surface area contributed by atoms with E-state index in [2.05, 4.69) is 9.27 Å². The van der Waals surface area contributed by atoms with Gasteiger partial charge >= 0.3 is 0 Å². The molecule has 114 valence electrons. The molecule has 0 spiro atoms. The third-order valence-electron chi connectivity index (χ3n) is 3.81. The van der Waals surface area contributed by atoms with Crippen molar-refractivity contribution in [2.24, 2.45) is 5.92 Å². The summed E-state index contributed by atoms with van der Waals surface area (Å²) in [7, 11) is -3.33. The van der Waals surface area contributed by atoms with Crippen LogP contribution in [0.25, 0.3) is 0 Å². The average Bonchev–Trinajstić information content (AvgIpc) is 2.71. The van der Waals surface area contributed by atoms with Crippen molar-refractivity contribution in [3.63, 3.8) is 0 Å². The molecule has 20 heavy (non-hydrogen) atoms. The van der Waals surface area contributed by atoms with Crippen LogP contribution in [-0.2, 0) is 9.84 Å². The first kappa shape index (κ1) is 15.6. The van der Waals surface area contributed by atoms with E-state index in [0.717, 1.165) is 18.1 Å². The summed E-state index contributed by atoms with van der Waals surface area (Å²) in [6.45, 7) is 5.60. The van der Waals surface area contributed by atoms with Crippen LogP contribution in [0.5, 0.6) is 0 Å². The van der Waals surface area contributed by atoms with Gasteiger partial charge in [-0.05, 0) is 43.6 Å². The minimum absolute atomic E-state index is 0.129. The van der Waals surface area contributed by atoms with E-state index in [1.54, 1.807) is 0 Å². The Hall–Kier alpha value is -0.820. The van der Waals surface area contributed by atoms with Gasteiger partial charge in [0.05, 0.1) is 5.75 Å². The van der Waals surface area contributed by atoms with Crippen LogP contribution >= 0.6 is 11.5 Å². The molecule has 1 aromatic rings. The Morgan fingerprint density at radius 2 is 2.10 bits per heavy atom. The third kappa shape index (κ3) is 3.09. The van der Waals surface area contributed by atoms with Gasteiger partial charge in [0.25, 0.3) is 0 Å². The largest absolute Gasteiger partial charge is 0.382 e. The highest BCUT2D eigenvalue weighted by Crippen LogP contribution is 2.37. The molecule has 2 rings (SSSR count). The second-order valence-electron chi connectivity index (χ2n) is 5.36. The molecule has 5 nitrogen and oxygen atoms in total. The van der Waals surface area contributed by atoms with Gasteiger partial charge in [-0.1, -0.05) is 13.3 Å². The molecule has 0 saturated heterocycles. The van der Waals surface area contributed by atoms with Crippen molar-refractivity contribution >= 4 is 32.2 Å². The number of rotatable bonds is 7. The lowest BCUT2D eigenvalue weighted by molar-refractivity contribution is 0.318. The lowest BCUT2D eigenvalue weighted by Gasteiger charge is -2.32. The maximum atomic E-state index is 12.4. The molecule has 2 N–H and O–H groups in total. The number of hydrogen-bond acceptors (Lipinski definition) is 6. The van der Waals surface area contributed by atoms with Gasteiger partial charge in [-0.25, -0.2) is 8.42 Å². The summed E-state index contributed by atoms with van der Waals surface area (Å²) < 4.78 is 28.9. The Morgan fingerprint density at radius 3 is 2.60 bits per heavy atom. The van der Waals surface area contributed by atoms with Crippen molar-refractivity contribution < 1.29 is 8.42 Å². The molecule has 1 heterocycles. The Kier molecular flexibility index (Phi) is 4.90. The molecule has 0 aliphatic heterocycles. The number of anilines is 2. The van der Waals surface area contributed by atoms with Crippen LogP contribution in [0.4, 0.5) is 10.8 Å². The highest BCUT2D eigenvalue weighted by Gasteiger charge is 2.29. The standard InChI is InChI=1S/C13H23N3O2S2/c1-3-8-20(17,18)11-12(14)15-19-13(11)16(4-2)9-10-6-5-7-10/h10H,3-9H2,1-2H3,(H2,14,15). The van der Waals surface area contributed by atoms with Gasteiger partial charge in [-0.3, -0.25) is 0 Å². The summed E-state index contributed by atoms with van der Waals surface area (Å²) in [6, 6.07) is 0. The molecule has 1 aliphatic rings. The first-order chi connectivity index (χ1) is 9.49. The van der Waals surface area contributed by atoms with E-state index in [4.69, 9.17) is 5.73 Å². The first-order valence-electron chi connectivity index (χ1n) is 7.22. The fourth-order valence-electron chi connectivity index (χ4n) is 2.49. The summed E-state index contributed by atoms with van der Waals surface area (Å²) >= 11 is 1.21. The summed E-state index contributed by atoms with van der Waals surface area (Å²) in [5.41, 5.74) is 5.82. The Bertz CT molecular complexity index is 550. The average molecular weight is 317 g/mol. The van der Waals surface area contributed by atoms with Crippen LogP contribution in [0.1, 0.15) is 39.5 Å². The molecule has 0 unspecified atom stereocenters. The van der Waals surface area contributed by atoms with E-state index >= 15 is 0 Å². The Morgan fingerprint density at radius 1 is 1.40 bits per heavy atom. The maximum absolute atomic E-state index is 12.4. The Labute approximate surface area is 125 Å². The number of nitrogens with zero attached hydrogens (tertiary/aromatic N) is 2. The second kappa shape index (κ2) is 6.30. The third-order valence-corrected chi connectivity index (χ3v) is 6.84. The van der Waals surface area contributed by atoms with Gasteiger partial charge in [0.2, 0.25) is 0 Å². The van der Waals surface area contributed by atoms with Crippen LogP contribution < -0.4 is 10.6 Å². The number of nitrogens with two attached hydrogens (primary N) is 1. The minimum Gasteiger partial charge on any atom is -0.382 e. The molecule has 0 aromatic carbocycles. The molecule has 1 fully saturated rings. The molecule has 7 heteroatoms. The maximum Gasteiger partial charge on any atom is 0.185 e. The lowest BCUT2D eigenvalue weighted by atomic mass is 9.85. The summed E-state index contributed by atoms with van der Waals surface area (Å²) in [5.74, 6) is 0.967. The van der Waals surface area contributed by atoms with Crippen molar-refractivity contribution in [3.05, 3.63) is 0 Å². The monoisotopic (exact) mass is 317 g/mol. The van der Waals surface area contributed by atoms with E-state index in [-0.39, 0.29) is 16.5 Å². The Balaban J connectivity index is 2.30. The van der Waals surface area contributed by atoms with Gasteiger partial charge < -0.3 is 10.6 Å². The van der Waals surface area contributed by atoms with Crippen molar-refractivity contribution in [3.8, 4) is 0 Å². The van der Waals surface area contributed by atoms with Gasteiger partial charge in [0.1, 0.15) is 9.90 Å². The molecule has 0 amide bonds. The molecule has 1 saturated carbocycles. The van der Waals surface area contributed by atoms with Crippen LogP contribution in [0.2, 0.25) is 0 Å². The van der Waals surface area contributed by atoms with E-state index in [9.17, 15) is 8.42 Å². The van der Waals surface area contributed by atoms with E-state index in [0.29, 0.717) is 12.3 Å². The van der Waals surface area contributed by atoms with Crippen LogP contribution in [0.15, 0.2) is 4.90 Å². The zero-order valence-corrected chi connectivity index (χ0v) is 13.8. The molecular weight excluding hydrogens is 294 g/mol. The van der Waals surface area contributed by atoms with E-state index in [1.165, 1.54) is 30.8 Å². The zero-order chi connectivity index (χ0) is 14.8. The van der Waals surface area contributed by atoms with E-state index < -0.39 is 9.84 Å². The zero-order valence-electron chi connectivity index (χ0n) is 12.1. The van der Waals surface area contributed by atoms with Gasteiger partial charge in [0, 0.05) is 13.1 Å². The summed E-state index contributed by atoms with van der Waals surface area (Å²) in [5, 5.41) is 0.727. The smallest absolute Gasteiger partial charge is 0.185 e. The van der Waals surface area contributed by atoms with Crippen LogP contribution in [0.3, 0.4) is 0 Å². The minimum atomic E-state index is -3.33. The predicted molar refractivity (Wildman–Crippen MR) is 84.1 cm³/mol. The van der Waals surface area contributed by atoms with Crippen molar-refractivity contribution in [2.45, 2.75) is 44.4 Å². The van der Waals surface area contributed by atoms with Gasteiger partial charge in [0.15, 0.2) is 15.7 Å². The fourth-order valence-corrected chi connectivity index (χ4v) is 5.33. The second-order valence-corrected chi connectivity index (χ2v) is 8.15. The van der Waals surface area contributed by atoms with Crippen molar-refractivity contribution in [1.29, 1.82) is 0 Å². The van der Waals surface area contributed by atoms with E-state index in [1.807, 2.05) is 13.8 Å². The lowest BCUT2D eigenvalue weighted by Crippen LogP contribution is -2.32. The summed E-state index contributed by atoms with van der Waals surface area (Å²) in [6.07, 6.45) is 4.35. The highest BCUT2D eigenvalue weighted by atomic mass is 32.2. The van der Waals surface area contributed by atoms with Crippen LogP contribution in [0, 0.1) is 5.92 Å².